The fourth-order valence-corrected chi connectivity index (χ4v) is 0.880. The van der Waals surface area contributed by atoms with Gasteiger partial charge in [-0.05, 0) is 12.1 Å². The van der Waals surface area contributed by atoms with Crippen molar-refractivity contribution in [2.24, 2.45) is 0 Å². The third kappa shape index (κ3) is 1.16. The topological polar surface area (TPSA) is 28.7 Å². The van der Waals surface area contributed by atoms with Gasteiger partial charge < -0.3 is 4.98 Å². The van der Waals surface area contributed by atoms with Crippen LogP contribution in [0, 0.1) is 0 Å². The summed E-state index contributed by atoms with van der Waals surface area (Å²) >= 11 is 0. The molecule has 0 unspecified atom stereocenters. The summed E-state index contributed by atoms with van der Waals surface area (Å²) in [6.45, 7) is 0. The van der Waals surface area contributed by atoms with Gasteiger partial charge in [0.25, 0.3) is 0 Å². The molecule has 2 aromatic rings. The third-order valence-electron chi connectivity index (χ3n) is 1.33. The second-order valence-electron chi connectivity index (χ2n) is 1.92. The van der Waals surface area contributed by atoms with Crippen LogP contribution in [0.5, 0.6) is 0 Å². The largest absolute Gasteiger partial charge is 0.345 e. The average Bonchev–Trinajstić information content (AvgIpc) is 2.33. The van der Waals surface area contributed by atoms with Gasteiger partial charge in [-0.2, -0.15) is 0 Å². The molecule has 1 N–H and O–H groups in total. The Hall–Kier alpha value is -0.511. The first-order chi connectivity index (χ1) is 4.47. The van der Waals surface area contributed by atoms with Crippen LogP contribution in [-0.4, -0.2) is 33.9 Å². The maximum absolute atomic E-state index is 4.06. The van der Waals surface area contributed by atoms with E-state index >= 15 is 0 Å². The Labute approximate surface area is 75.6 Å². The number of rotatable bonds is 0. The van der Waals surface area contributed by atoms with Crippen LogP contribution in [0.25, 0.3) is 11.0 Å². The van der Waals surface area contributed by atoms with Gasteiger partial charge in [-0.15, -0.1) is 0 Å². The minimum atomic E-state index is 0. The van der Waals surface area contributed by atoms with Gasteiger partial charge in [-0.25, -0.2) is 4.98 Å². The predicted octanol–water partition coefficient (Wildman–Crippen LogP) is 0.111. The molecular weight excluding hydrogens is 231 g/mol. The zero-order valence-corrected chi connectivity index (χ0v) is 4.83. The number of aromatic nitrogens is 2. The second kappa shape index (κ2) is 3.05. The molecule has 0 spiro atoms. The van der Waals surface area contributed by atoms with Crippen LogP contribution < -0.4 is 0 Å². The van der Waals surface area contributed by atoms with E-state index in [0.29, 0.717) is 0 Å². The second-order valence-corrected chi connectivity index (χ2v) is 1.92. The molecule has 0 aliphatic heterocycles. The van der Waals surface area contributed by atoms with Gasteiger partial charge in [-0.1, -0.05) is 12.1 Å². The number of para-hydroxylation sites is 2. The fraction of sp³-hybridized carbons (Fsp3) is 0. The van der Waals surface area contributed by atoms with Gasteiger partial charge in [0.2, 0.25) is 0 Å². The number of benzene rings is 1. The summed E-state index contributed by atoms with van der Waals surface area (Å²) in [6, 6.07) is 7.94. The molecule has 52 valence electrons. The molecule has 0 saturated heterocycles. The molecular formula is C7H10N2Sn. The summed E-state index contributed by atoms with van der Waals surface area (Å²) in [7, 11) is 0. The first kappa shape index (κ1) is 7.59. The fourth-order valence-electron chi connectivity index (χ4n) is 0.880. The molecule has 1 heterocycles. The first-order valence-corrected chi connectivity index (χ1v) is 2.85. The molecule has 0 fully saturated rings. The predicted molar refractivity (Wildman–Crippen MR) is 47.4 cm³/mol. The molecule has 0 bridgehead atoms. The van der Waals surface area contributed by atoms with E-state index < -0.39 is 0 Å². The summed E-state index contributed by atoms with van der Waals surface area (Å²) in [6.07, 6.45) is 1.70. The van der Waals surface area contributed by atoms with Crippen molar-refractivity contribution < 1.29 is 0 Å². The molecule has 0 amide bonds. The molecule has 0 radical (unpaired) electrons. The molecule has 1 aromatic carbocycles. The Morgan fingerprint density at radius 3 is 2.80 bits per heavy atom. The summed E-state index contributed by atoms with van der Waals surface area (Å²) in [5.41, 5.74) is 2.12. The van der Waals surface area contributed by atoms with Gasteiger partial charge in [0.1, 0.15) is 0 Å². The average molecular weight is 241 g/mol. The first-order valence-electron chi connectivity index (χ1n) is 2.85. The normalized spacial score (nSPS) is 9.20. The Kier molecular flexibility index (Phi) is 2.32. The van der Waals surface area contributed by atoms with Gasteiger partial charge >= 0.3 is 23.9 Å². The Morgan fingerprint density at radius 2 is 2.00 bits per heavy atom. The minimum Gasteiger partial charge on any atom is -0.345 e. The number of nitrogens with zero attached hydrogens (tertiary/aromatic N) is 1. The van der Waals surface area contributed by atoms with Gasteiger partial charge in [0, 0.05) is 0 Å². The summed E-state index contributed by atoms with van der Waals surface area (Å²) in [5.74, 6) is 0. The number of imidazole rings is 1. The Morgan fingerprint density at radius 1 is 1.20 bits per heavy atom. The molecule has 0 atom stereocenters. The van der Waals surface area contributed by atoms with Crippen LogP contribution in [0.1, 0.15) is 0 Å². The van der Waals surface area contributed by atoms with Crippen LogP contribution in [-0.2, 0) is 0 Å². The minimum absolute atomic E-state index is 0. The van der Waals surface area contributed by atoms with Crippen molar-refractivity contribution in [1.82, 2.24) is 9.97 Å². The number of aromatic amines is 1. The molecule has 3 heteroatoms. The Bertz CT molecular complexity index is 286. The molecule has 2 nitrogen and oxygen atoms in total. The summed E-state index contributed by atoms with van der Waals surface area (Å²) in [4.78, 5) is 7.07. The quantitative estimate of drug-likeness (QED) is 0.651. The molecule has 0 aliphatic rings. The molecule has 0 saturated carbocycles. The Balaban J connectivity index is 0.000000500. The van der Waals surface area contributed by atoms with Gasteiger partial charge in [-0.3, -0.25) is 0 Å². The van der Waals surface area contributed by atoms with Gasteiger partial charge in [0.15, 0.2) is 0 Å². The van der Waals surface area contributed by atoms with E-state index in [1.54, 1.807) is 6.33 Å². The zero-order chi connectivity index (χ0) is 6.10. The van der Waals surface area contributed by atoms with E-state index in [4.69, 9.17) is 0 Å². The van der Waals surface area contributed by atoms with E-state index in [-0.39, 0.29) is 23.9 Å². The summed E-state index contributed by atoms with van der Waals surface area (Å²) in [5, 5.41) is 0. The van der Waals surface area contributed by atoms with E-state index in [9.17, 15) is 0 Å². The summed E-state index contributed by atoms with van der Waals surface area (Å²) < 4.78 is 0. The van der Waals surface area contributed by atoms with Crippen LogP contribution in [0.4, 0.5) is 0 Å². The molecule has 2 rings (SSSR count). The van der Waals surface area contributed by atoms with Crippen LogP contribution in [0.3, 0.4) is 0 Å². The van der Waals surface area contributed by atoms with Crippen molar-refractivity contribution in [2.75, 3.05) is 0 Å². The van der Waals surface area contributed by atoms with E-state index in [1.165, 1.54) is 0 Å². The van der Waals surface area contributed by atoms with Crippen LogP contribution >= 0.6 is 0 Å². The number of fused-ring (bicyclic) bond motifs is 1. The van der Waals surface area contributed by atoms with Crippen molar-refractivity contribution in [2.45, 2.75) is 0 Å². The maximum atomic E-state index is 4.06. The van der Waals surface area contributed by atoms with Crippen molar-refractivity contribution in [3.8, 4) is 0 Å². The smallest absolute Gasteiger partial charge is 0.0931 e. The zero-order valence-electron chi connectivity index (χ0n) is 4.83. The van der Waals surface area contributed by atoms with E-state index in [2.05, 4.69) is 9.97 Å². The van der Waals surface area contributed by atoms with E-state index in [0.717, 1.165) is 11.0 Å². The van der Waals surface area contributed by atoms with Gasteiger partial charge in [0.05, 0.1) is 17.4 Å². The van der Waals surface area contributed by atoms with Crippen LogP contribution in [0.15, 0.2) is 30.6 Å². The third-order valence-corrected chi connectivity index (χ3v) is 1.33. The SMILES string of the molecule is [SnH4].c1ccc2[nH]cnc2c1. The molecule has 0 aliphatic carbocycles. The van der Waals surface area contributed by atoms with Crippen molar-refractivity contribution in [3.63, 3.8) is 0 Å². The maximum Gasteiger partial charge on any atom is 0.0931 e. The molecule has 10 heavy (non-hydrogen) atoms. The van der Waals surface area contributed by atoms with Crippen molar-refractivity contribution in [3.05, 3.63) is 30.6 Å². The van der Waals surface area contributed by atoms with Crippen molar-refractivity contribution >= 4 is 34.9 Å². The van der Waals surface area contributed by atoms with Crippen LogP contribution in [0.2, 0.25) is 0 Å². The number of H-pyrrole nitrogens is 1. The van der Waals surface area contributed by atoms with Crippen molar-refractivity contribution in [1.29, 1.82) is 0 Å². The number of hydrogen-bond donors (Lipinski definition) is 1. The monoisotopic (exact) mass is 242 g/mol. The van der Waals surface area contributed by atoms with E-state index in [1.807, 2.05) is 24.3 Å². The number of hydrogen-bond acceptors (Lipinski definition) is 1. The number of nitrogens with one attached hydrogen (secondary N) is 1. The molecule has 1 aromatic heterocycles. The standard InChI is InChI=1S/C7H6N2.Sn.4H/c1-2-4-7-6(3-1)8-5-9-7;;;;;/h1-5H,(H,8,9);;;;;.